The number of nitrogens with one attached hydrogen (secondary N) is 1. The molecular weight excluding hydrogens is 312 g/mol. The van der Waals surface area contributed by atoms with Gasteiger partial charge in [0.2, 0.25) is 6.79 Å². The Morgan fingerprint density at radius 1 is 1.30 bits per heavy atom. The summed E-state index contributed by atoms with van der Waals surface area (Å²) in [5.74, 6) is 1.97. The fourth-order valence-corrected chi connectivity index (χ4v) is 3.72. The van der Waals surface area contributed by atoms with Crippen LogP contribution in [-0.4, -0.2) is 30.8 Å². The van der Waals surface area contributed by atoms with Crippen LogP contribution in [0.5, 0.6) is 11.5 Å². The molecule has 0 aliphatic carbocycles. The third-order valence-corrected chi connectivity index (χ3v) is 5.21. The van der Waals surface area contributed by atoms with Crippen molar-refractivity contribution in [2.24, 2.45) is 0 Å². The van der Waals surface area contributed by atoms with Crippen LogP contribution in [0.1, 0.15) is 22.8 Å². The van der Waals surface area contributed by atoms with E-state index < -0.39 is 0 Å². The van der Waals surface area contributed by atoms with Gasteiger partial charge in [-0.2, -0.15) is 0 Å². The Morgan fingerprint density at radius 2 is 2.22 bits per heavy atom. The number of carbonyl (C=O) groups excluding carboxylic acids is 1. The molecule has 1 aromatic heterocycles. The van der Waals surface area contributed by atoms with Gasteiger partial charge < -0.3 is 19.7 Å². The SMILES string of the molecule is O=C(NCc1cccs1)N1CC[C@H](c2ccc3c(c2)OCO3)C1. The number of fused-ring (bicyclic) bond motifs is 1. The second-order valence-electron chi connectivity index (χ2n) is 5.78. The summed E-state index contributed by atoms with van der Waals surface area (Å²) in [6, 6.07) is 10.1. The smallest absolute Gasteiger partial charge is 0.317 e. The number of hydrogen-bond acceptors (Lipinski definition) is 4. The van der Waals surface area contributed by atoms with Crippen LogP contribution in [0.15, 0.2) is 35.7 Å². The van der Waals surface area contributed by atoms with Gasteiger partial charge in [-0.25, -0.2) is 4.79 Å². The van der Waals surface area contributed by atoms with E-state index in [9.17, 15) is 4.79 Å². The molecule has 1 saturated heterocycles. The molecule has 0 spiro atoms. The first kappa shape index (κ1) is 14.4. The van der Waals surface area contributed by atoms with Crippen molar-refractivity contribution in [3.05, 3.63) is 46.2 Å². The molecule has 23 heavy (non-hydrogen) atoms. The van der Waals surface area contributed by atoms with Crippen molar-refractivity contribution < 1.29 is 14.3 Å². The topological polar surface area (TPSA) is 50.8 Å². The number of rotatable bonds is 3. The first-order valence-corrected chi connectivity index (χ1v) is 8.62. The molecular formula is C17H18N2O3S. The van der Waals surface area contributed by atoms with Crippen molar-refractivity contribution in [2.45, 2.75) is 18.9 Å². The van der Waals surface area contributed by atoms with Crippen molar-refractivity contribution in [3.63, 3.8) is 0 Å². The average molecular weight is 330 g/mol. The van der Waals surface area contributed by atoms with E-state index in [1.54, 1.807) is 11.3 Å². The van der Waals surface area contributed by atoms with Crippen molar-refractivity contribution in [2.75, 3.05) is 19.9 Å². The highest BCUT2D eigenvalue weighted by Gasteiger charge is 2.28. The molecule has 4 rings (SSSR count). The van der Waals surface area contributed by atoms with Crippen LogP contribution >= 0.6 is 11.3 Å². The van der Waals surface area contributed by atoms with Crippen molar-refractivity contribution >= 4 is 17.4 Å². The van der Waals surface area contributed by atoms with Crippen LogP contribution in [0.3, 0.4) is 0 Å². The summed E-state index contributed by atoms with van der Waals surface area (Å²) in [6.07, 6.45) is 0.978. The van der Waals surface area contributed by atoms with E-state index in [0.717, 1.165) is 31.0 Å². The molecule has 0 saturated carbocycles. The zero-order valence-corrected chi connectivity index (χ0v) is 13.5. The lowest BCUT2D eigenvalue weighted by atomic mass is 9.98. The van der Waals surface area contributed by atoms with Crippen LogP contribution < -0.4 is 14.8 Å². The quantitative estimate of drug-likeness (QED) is 0.940. The van der Waals surface area contributed by atoms with E-state index >= 15 is 0 Å². The van der Waals surface area contributed by atoms with Gasteiger partial charge in [0.1, 0.15) is 0 Å². The molecule has 120 valence electrons. The molecule has 5 nitrogen and oxygen atoms in total. The Bertz CT molecular complexity index is 702. The number of urea groups is 1. The lowest BCUT2D eigenvalue weighted by molar-refractivity contribution is 0.174. The van der Waals surface area contributed by atoms with Gasteiger partial charge in [0.05, 0.1) is 6.54 Å². The summed E-state index contributed by atoms with van der Waals surface area (Å²) in [5, 5.41) is 5.01. The van der Waals surface area contributed by atoms with Crippen LogP contribution in [0.2, 0.25) is 0 Å². The molecule has 1 atom stereocenters. The number of benzene rings is 1. The molecule has 3 heterocycles. The minimum absolute atomic E-state index is 0.0154. The molecule has 2 aliphatic heterocycles. The third-order valence-electron chi connectivity index (χ3n) is 4.34. The molecule has 6 heteroatoms. The fraction of sp³-hybridized carbons (Fsp3) is 0.353. The van der Waals surface area contributed by atoms with E-state index in [0.29, 0.717) is 19.3 Å². The number of nitrogens with zero attached hydrogens (tertiary/aromatic N) is 1. The van der Waals surface area contributed by atoms with Crippen LogP contribution in [0.4, 0.5) is 4.79 Å². The summed E-state index contributed by atoms with van der Waals surface area (Å²) in [6.45, 7) is 2.42. The van der Waals surface area contributed by atoms with Gasteiger partial charge in [0, 0.05) is 23.9 Å². The molecule has 0 radical (unpaired) electrons. The molecule has 2 aromatic rings. The highest BCUT2D eigenvalue weighted by molar-refractivity contribution is 7.09. The zero-order chi connectivity index (χ0) is 15.6. The third kappa shape index (κ3) is 2.99. The second-order valence-corrected chi connectivity index (χ2v) is 6.81. The fourth-order valence-electron chi connectivity index (χ4n) is 3.07. The summed E-state index contributed by atoms with van der Waals surface area (Å²) >= 11 is 1.66. The molecule has 0 unspecified atom stereocenters. The summed E-state index contributed by atoms with van der Waals surface area (Å²) < 4.78 is 10.8. The van der Waals surface area contributed by atoms with E-state index in [2.05, 4.69) is 11.4 Å². The normalized spacial score (nSPS) is 19.1. The molecule has 2 amide bonds. The van der Waals surface area contributed by atoms with Gasteiger partial charge in [-0.1, -0.05) is 12.1 Å². The summed E-state index contributed by atoms with van der Waals surface area (Å²) in [5.41, 5.74) is 1.21. The molecule has 1 N–H and O–H groups in total. The van der Waals surface area contributed by atoms with E-state index in [1.165, 1.54) is 10.4 Å². The maximum atomic E-state index is 12.3. The first-order valence-electron chi connectivity index (χ1n) is 7.74. The number of hydrogen-bond donors (Lipinski definition) is 1. The molecule has 1 fully saturated rings. The lowest BCUT2D eigenvalue weighted by Gasteiger charge is -2.17. The van der Waals surface area contributed by atoms with Crippen LogP contribution in [-0.2, 0) is 6.54 Å². The number of thiophene rings is 1. The predicted octanol–water partition coefficient (Wildman–Crippen LogP) is 3.18. The number of carbonyl (C=O) groups is 1. The van der Waals surface area contributed by atoms with Crippen molar-refractivity contribution in [3.8, 4) is 11.5 Å². The maximum Gasteiger partial charge on any atom is 0.317 e. The Morgan fingerprint density at radius 3 is 3.09 bits per heavy atom. The van der Waals surface area contributed by atoms with E-state index in [-0.39, 0.29) is 6.03 Å². The van der Waals surface area contributed by atoms with E-state index in [1.807, 2.05) is 34.5 Å². The second kappa shape index (κ2) is 6.12. The van der Waals surface area contributed by atoms with Gasteiger partial charge >= 0.3 is 6.03 Å². The van der Waals surface area contributed by atoms with Gasteiger partial charge in [-0.05, 0) is 35.6 Å². The Kier molecular flexibility index (Phi) is 3.83. The molecule has 0 bridgehead atoms. The highest BCUT2D eigenvalue weighted by atomic mass is 32.1. The average Bonchev–Trinajstić information content (AvgIpc) is 3.32. The molecule has 2 aliphatic rings. The maximum absolute atomic E-state index is 12.3. The Hall–Kier alpha value is -2.21. The van der Waals surface area contributed by atoms with Crippen molar-refractivity contribution in [1.82, 2.24) is 10.2 Å². The minimum atomic E-state index is 0.0154. The molecule has 1 aromatic carbocycles. The lowest BCUT2D eigenvalue weighted by Crippen LogP contribution is -2.37. The van der Waals surface area contributed by atoms with E-state index in [4.69, 9.17) is 9.47 Å². The van der Waals surface area contributed by atoms with Crippen molar-refractivity contribution in [1.29, 1.82) is 0 Å². The Balaban J connectivity index is 1.36. The summed E-state index contributed by atoms with van der Waals surface area (Å²) in [7, 11) is 0. The van der Waals surface area contributed by atoms with Gasteiger partial charge in [0.25, 0.3) is 0 Å². The number of likely N-dealkylation sites (tertiary alicyclic amines) is 1. The number of amides is 2. The van der Waals surface area contributed by atoms with Gasteiger partial charge in [0.15, 0.2) is 11.5 Å². The van der Waals surface area contributed by atoms with Gasteiger partial charge in [-0.15, -0.1) is 11.3 Å². The van der Waals surface area contributed by atoms with Gasteiger partial charge in [-0.3, -0.25) is 0 Å². The largest absolute Gasteiger partial charge is 0.454 e. The first-order chi connectivity index (χ1) is 11.3. The zero-order valence-electron chi connectivity index (χ0n) is 12.7. The van der Waals surface area contributed by atoms with Crippen LogP contribution in [0, 0.1) is 0 Å². The Labute approximate surface area is 138 Å². The monoisotopic (exact) mass is 330 g/mol. The minimum Gasteiger partial charge on any atom is -0.454 e. The highest BCUT2D eigenvalue weighted by Crippen LogP contribution is 2.37. The predicted molar refractivity (Wildman–Crippen MR) is 88.1 cm³/mol. The summed E-state index contributed by atoms with van der Waals surface area (Å²) in [4.78, 5) is 15.3. The standard InChI is InChI=1S/C17H18N2O3S/c20-17(18-9-14-2-1-7-23-14)19-6-5-13(10-19)12-3-4-15-16(8-12)22-11-21-15/h1-4,7-8,13H,5-6,9-11H2,(H,18,20)/t13-/m0/s1. The number of ether oxygens (including phenoxy) is 2. The van der Waals surface area contributed by atoms with Crippen LogP contribution in [0.25, 0.3) is 0 Å².